The van der Waals surface area contributed by atoms with E-state index in [2.05, 4.69) is 10.5 Å². The molecule has 0 saturated carbocycles. The van der Waals surface area contributed by atoms with Gasteiger partial charge in [-0.2, -0.15) is 5.10 Å². The van der Waals surface area contributed by atoms with Crippen LogP contribution in [0.2, 0.25) is 0 Å². The second-order valence-electron chi connectivity index (χ2n) is 5.69. The molecule has 0 saturated heterocycles. The summed E-state index contributed by atoms with van der Waals surface area (Å²) in [5.41, 5.74) is 5.30. The third kappa shape index (κ3) is 3.13. The summed E-state index contributed by atoms with van der Waals surface area (Å²) in [5, 5.41) is 16.3. The summed E-state index contributed by atoms with van der Waals surface area (Å²) in [4.78, 5) is 12.1. The molecule has 0 aliphatic heterocycles. The number of nitrogens with one attached hydrogen (secondary N) is 1. The first kappa shape index (κ1) is 15.7. The zero-order valence-electron chi connectivity index (χ0n) is 13.6. The lowest BCUT2D eigenvalue weighted by atomic mass is 10.0. The SMILES string of the molecule is C/C(=N\NC(=O)c1ccc(C)cc1)c1ccc2ccccc2c1O. The van der Waals surface area contributed by atoms with Gasteiger partial charge < -0.3 is 5.11 Å². The lowest BCUT2D eigenvalue weighted by Gasteiger charge is -2.08. The molecular weight excluding hydrogens is 300 g/mol. The molecule has 1 amide bonds. The highest BCUT2D eigenvalue weighted by Crippen LogP contribution is 2.28. The van der Waals surface area contributed by atoms with Crippen LogP contribution in [0.15, 0.2) is 65.8 Å². The van der Waals surface area contributed by atoms with E-state index in [4.69, 9.17) is 0 Å². The van der Waals surface area contributed by atoms with Crippen molar-refractivity contribution in [3.63, 3.8) is 0 Å². The Labute approximate surface area is 140 Å². The first-order valence-electron chi connectivity index (χ1n) is 7.68. The minimum atomic E-state index is -0.283. The summed E-state index contributed by atoms with van der Waals surface area (Å²) in [6.07, 6.45) is 0. The molecule has 0 spiro atoms. The molecule has 3 aromatic rings. The van der Waals surface area contributed by atoms with Gasteiger partial charge in [0.25, 0.3) is 5.91 Å². The van der Waals surface area contributed by atoms with Crippen LogP contribution < -0.4 is 5.43 Å². The van der Waals surface area contributed by atoms with Crippen molar-refractivity contribution in [2.24, 2.45) is 5.10 Å². The average molecular weight is 318 g/mol. The van der Waals surface area contributed by atoms with Crippen LogP contribution in [0.4, 0.5) is 0 Å². The molecule has 0 unspecified atom stereocenters. The fraction of sp³-hybridized carbons (Fsp3) is 0.100. The van der Waals surface area contributed by atoms with Crippen molar-refractivity contribution < 1.29 is 9.90 Å². The van der Waals surface area contributed by atoms with Crippen molar-refractivity contribution in [1.82, 2.24) is 5.43 Å². The molecule has 24 heavy (non-hydrogen) atoms. The Morgan fingerprint density at radius 2 is 1.71 bits per heavy atom. The Hall–Kier alpha value is -3.14. The molecule has 0 fully saturated rings. The van der Waals surface area contributed by atoms with E-state index in [9.17, 15) is 9.90 Å². The van der Waals surface area contributed by atoms with Gasteiger partial charge in [-0.1, -0.05) is 48.0 Å². The highest BCUT2D eigenvalue weighted by atomic mass is 16.3. The van der Waals surface area contributed by atoms with Crippen LogP contribution in [-0.4, -0.2) is 16.7 Å². The van der Waals surface area contributed by atoms with Gasteiger partial charge in [0.2, 0.25) is 0 Å². The maximum absolute atomic E-state index is 12.1. The van der Waals surface area contributed by atoms with Crippen molar-refractivity contribution in [3.05, 3.63) is 77.4 Å². The number of rotatable bonds is 3. The van der Waals surface area contributed by atoms with E-state index in [-0.39, 0.29) is 11.7 Å². The van der Waals surface area contributed by atoms with Gasteiger partial charge in [-0.3, -0.25) is 4.79 Å². The van der Waals surface area contributed by atoms with E-state index in [1.54, 1.807) is 25.1 Å². The van der Waals surface area contributed by atoms with Gasteiger partial charge in [0.05, 0.1) is 5.71 Å². The lowest BCUT2D eigenvalue weighted by molar-refractivity contribution is 0.0955. The molecule has 0 aliphatic carbocycles. The molecule has 3 rings (SSSR count). The smallest absolute Gasteiger partial charge is 0.271 e. The van der Waals surface area contributed by atoms with Crippen LogP contribution in [0.1, 0.15) is 28.4 Å². The fourth-order valence-corrected chi connectivity index (χ4v) is 2.51. The standard InChI is InChI=1S/C20H18N2O2/c1-13-7-9-16(10-8-13)20(24)22-21-14(2)17-12-11-15-5-3-4-6-18(15)19(17)23/h3-12,23H,1-2H3,(H,22,24)/b21-14+. The number of hydrogen-bond acceptors (Lipinski definition) is 3. The van der Waals surface area contributed by atoms with Crippen LogP contribution in [-0.2, 0) is 0 Å². The second kappa shape index (κ2) is 6.54. The number of amides is 1. The zero-order valence-corrected chi connectivity index (χ0v) is 13.6. The molecular formula is C20H18N2O2. The number of carbonyl (C=O) groups excluding carboxylic acids is 1. The van der Waals surface area contributed by atoms with Crippen LogP contribution >= 0.6 is 0 Å². The summed E-state index contributed by atoms with van der Waals surface area (Å²) in [7, 11) is 0. The predicted molar refractivity (Wildman–Crippen MR) is 96.5 cm³/mol. The third-order valence-electron chi connectivity index (χ3n) is 3.93. The number of phenolic OH excluding ortho intramolecular Hbond substituents is 1. The monoisotopic (exact) mass is 318 g/mol. The van der Waals surface area contributed by atoms with Gasteiger partial charge in [0.1, 0.15) is 5.75 Å². The van der Waals surface area contributed by atoms with Crippen LogP contribution in [0, 0.1) is 6.92 Å². The van der Waals surface area contributed by atoms with E-state index in [0.717, 1.165) is 16.3 Å². The number of nitrogens with zero attached hydrogens (tertiary/aromatic N) is 1. The Morgan fingerprint density at radius 3 is 2.46 bits per heavy atom. The van der Waals surface area contributed by atoms with Gasteiger partial charge in [0.15, 0.2) is 0 Å². The summed E-state index contributed by atoms with van der Waals surface area (Å²) < 4.78 is 0. The highest BCUT2D eigenvalue weighted by Gasteiger charge is 2.10. The molecule has 4 heteroatoms. The number of hydrogen-bond donors (Lipinski definition) is 2. The lowest BCUT2D eigenvalue weighted by Crippen LogP contribution is -2.19. The van der Waals surface area contributed by atoms with Crippen molar-refractivity contribution >= 4 is 22.4 Å². The van der Waals surface area contributed by atoms with Gasteiger partial charge in [-0.25, -0.2) is 5.43 Å². The van der Waals surface area contributed by atoms with Crippen molar-refractivity contribution in [2.45, 2.75) is 13.8 Å². The molecule has 3 aromatic carbocycles. The molecule has 0 bridgehead atoms. The summed E-state index contributed by atoms with van der Waals surface area (Å²) in [5.74, 6) is -0.117. The third-order valence-corrected chi connectivity index (χ3v) is 3.93. The Kier molecular flexibility index (Phi) is 4.29. The first-order valence-corrected chi connectivity index (χ1v) is 7.68. The minimum Gasteiger partial charge on any atom is -0.507 e. The zero-order chi connectivity index (χ0) is 17.1. The Morgan fingerprint density at radius 1 is 1.00 bits per heavy atom. The average Bonchev–Trinajstić information content (AvgIpc) is 2.60. The Bertz CT molecular complexity index is 928. The molecule has 0 atom stereocenters. The summed E-state index contributed by atoms with van der Waals surface area (Å²) in [6.45, 7) is 3.71. The summed E-state index contributed by atoms with van der Waals surface area (Å²) >= 11 is 0. The van der Waals surface area contributed by atoms with Crippen molar-refractivity contribution in [3.8, 4) is 5.75 Å². The molecule has 120 valence electrons. The molecule has 0 heterocycles. The van der Waals surface area contributed by atoms with Gasteiger partial charge >= 0.3 is 0 Å². The number of aromatic hydroxyl groups is 1. The molecule has 0 aromatic heterocycles. The van der Waals surface area contributed by atoms with Crippen LogP contribution in [0.25, 0.3) is 10.8 Å². The first-order chi connectivity index (χ1) is 11.6. The highest BCUT2D eigenvalue weighted by molar-refractivity contribution is 6.07. The number of fused-ring (bicyclic) bond motifs is 1. The van der Waals surface area contributed by atoms with E-state index in [1.165, 1.54) is 0 Å². The second-order valence-corrected chi connectivity index (χ2v) is 5.69. The van der Waals surface area contributed by atoms with Gasteiger partial charge in [-0.05, 0) is 37.4 Å². The molecule has 2 N–H and O–H groups in total. The van der Waals surface area contributed by atoms with E-state index in [0.29, 0.717) is 16.8 Å². The van der Waals surface area contributed by atoms with Crippen molar-refractivity contribution in [2.75, 3.05) is 0 Å². The van der Waals surface area contributed by atoms with Gasteiger partial charge in [-0.15, -0.1) is 0 Å². The van der Waals surface area contributed by atoms with E-state index in [1.807, 2.05) is 49.4 Å². The quantitative estimate of drug-likeness (QED) is 0.566. The largest absolute Gasteiger partial charge is 0.507 e. The topological polar surface area (TPSA) is 61.7 Å². The number of aryl methyl sites for hydroxylation is 1. The number of carbonyl (C=O) groups is 1. The van der Waals surface area contributed by atoms with Crippen LogP contribution in [0.3, 0.4) is 0 Å². The predicted octanol–water partition coefficient (Wildman–Crippen LogP) is 4.01. The molecule has 4 nitrogen and oxygen atoms in total. The normalized spacial score (nSPS) is 11.5. The fourth-order valence-electron chi connectivity index (χ4n) is 2.51. The number of hydrazone groups is 1. The molecule has 0 radical (unpaired) electrons. The number of phenols is 1. The Balaban J connectivity index is 1.84. The van der Waals surface area contributed by atoms with Gasteiger partial charge in [0, 0.05) is 16.5 Å². The maximum Gasteiger partial charge on any atom is 0.271 e. The minimum absolute atomic E-state index is 0.166. The molecule has 0 aliphatic rings. The van der Waals surface area contributed by atoms with Crippen LogP contribution in [0.5, 0.6) is 5.75 Å². The summed E-state index contributed by atoms with van der Waals surface area (Å²) in [6, 6.07) is 18.6. The van der Waals surface area contributed by atoms with E-state index >= 15 is 0 Å². The van der Waals surface area contributed by atoms with Crippen molar-refractivity contribution in [1.29, 1.82) is 0 Å². The maximum atomic E-state index is 12.1. The number of benzene rings is 3. The van der Waals surface area contributed by atoms with E-state index < -0.39 is 0 Å².